The summed E-state index contributed by atoms with van der Waals surface area (Å²) in [6, 6.07) is 8.79. The number of benzene rings is 1. The molecule has 1 aromatic carbocycles. The minimum atomic E-state index is 0. The highest BCUT2D eigenvalue weighted by atomic mass is 35.5. The molecule has 0 saturated carbocycles. The predicted octanol–water partition coefficient (Wildman–Crippen LogP) is 3.94. The Kier molecular flexibility index (Phi) is 8.29. The molecule has 0 bridgehead atoms. The first-order valence-electron chi connectivity index (χ1n) is 10.5. The molecule has 0 aliphatic carbocycles. The number of nitrogens with two attached hydrogens (primary N) is 1. The van der Waals surface area contributed by atoms with Gasteiger partial charge in [-0.2, -0.15) is 5.10 Å². The fourth-order valence-corrected chi connectivity index (χ4v) is 4.31. The minimum absolute atomic E-state index is 0. The van der Waals surface area contributed by atoms with Crippen LogP contribution in [0.25, 0.3) is 0 Å². The molecule has 29 heavy (non-hydrogen) atoms. The van der Waals surface area contributed by atoms with Crippen molar-refractivity contribution in [2.45, 2.75) is 78.4 Å². The molecule has 1 fully saturated rings. The van der Waals surface area contributed by atoms with E-state index in [1.807, 2.05) is 18.7 Å². The first-order valence-corrected chi connectivity index (χ1v) is 10.5. The third-order valence-electron chi connectivity index (χ3n) is 6.05. The first-order chi connectivity index (χ1) is 13.4. The lowest BCUT2D eigenvalue weighted by molar-refractivity contribution is -0.135. The van der Waals surface area contributed by atoms with Gasteiger partial charge >= 0.3 is 0 Å². The van der Waals surface area contributed by atoms with Crippen molar-refractivity contribution >= 4 is 18.3 Å². The minimum Gasteiger partial charge on any atom is -0.338 e. The summed E-state index contributed by atoms with van der Waals surface area (Å²) in [6.45, 7) is 9.87. The highest BCUT2D eigenvalue weighted by molar-refractivity contribution is 5.85. The lowest BCUT2D eigenvalue weighted by Gasteiger charge is -2.38. The molecular weight excluding hydrogens is 384 g/mol. The van der Waals surface area contributed by atoms with E-state index in [1.54, 1.807) is 0 Å². The molecule has 2 unspecified atom stereocenters. The van der Waals surface area contributed by atoms with Gasteiger partial charge in [0.1, 0.15) is 0 Å². The van der Waals surface area contributed by atoms with Gasteiger partial charge in [-0.25, -0.2) is 0 Å². The van der Waals surface area contributed by atoms with Gasteiger partial charge in [0.25, 0.3) is 0 Å². The number of amides is 1. The summed E-state index contributed by atoms with van der Waals surface area (Å²) < 4.78 is 2.06. The molecule has 2 atom stereocenters. The van der Waals surface area contributed by atoms with Gasteiger partial charge in [-0.3, -0.25) is 9.48 Å². The second-order valence-corrected chi connectivity index (χ2v) is 8.30. The van der Waals surface area contributed by atoms with E-state index in [-0.39, 0.29) is 30.4 Å². The van der Waals surface area contributed by atoms with Crippen molar-refractivity contribution in [1.82, 2.24) is 14.7 Å². The van der Waals surface area contributed by atoms with Gasteiger partial charge in [0.15, 0.2) is 0 Å². The second-order valence-electron chi connectivity index (χ2n) is 8.30. The molecule has 2 aromatic rings. The second kappa shape index (κ2) is 10.3. The Balaban J connectivity index is 0.00000300. The first kappa shape index (κ1) is 23.4. The van der Waals surface area contributed by atoms with Gasteiger partial charge < -0.3 is 10.6 Å². The fraction of sp³-hybridized carbons (Fsp3) is 0.565. The topological polar surface area (TPSA) is 64.2 Å². The van der Waals surface area contributed by atoms with Crippen molar-refractivity contribution in [2.75, 3.05) is 6.54 Å². The Morgan fingerprint density at radius 2 is 1.90 bits per heavy atom. The number of piperidine rings is 1. The summed E-state index contributed by atoms with van der Waals surface area (Å²) in [7, 11) is 0. The zero-order chi connectivity index (χ0) is 20.3. The monoisotopic (exact) mass is 418 g/mol. The number of carbonyl (C=O) groups is 1. The number of aromatic nitrogens is 2. The SMILES string of the molecule is Cc1ccc(Cn2nc(C)c(CCC(=O)N3CCCCC3C(C)N)c2C)cc1.Cl. The molecule has 6 heteroatoms. The Morgan fingerprint density at radius 3 is 2.55 bits per heavy atom. The molecule has 1 aromatic heterocycles. The molecular formula is C23H35ClN4O. The third kappa shape index (κ3) is 5.61. The van der Waals surface area contributed by atoms with Crippen LogP contribution in [0.15, 0.2) is 24.3 Å². The number of likely N-dealkylation sites (tertiary alicyclic amines) is 1. The summed E-state index contributed by atoms with van der Waals surface area (Å²) in [6.07, 6.45) is 4.55. The maximum Gasteiger partial charge on any atom is 0.223 e. The number of aryl methyl sites for hydroxylation is 2. The largest absolute Gasteiger partial charge is 0.338 e. The molecule has 0 spiro atoms. The summed E-state index contributed by atoms with van der Waals surface area (Å²) >= 11 is 0. The molecule has 160 valence electrons. The quantitative estimate of drug-likeness (QED) is 0.772. The Bertz CT molecular complexity index is 813. The molecule has 5 nitrogen and oxygen atoms in total. The van der Waals surface area contributed by atoms with E-state index in [9.17, 15) is 4.79 Å². The van der Waals surface area contributed by atoms with Crippen LogP contribution in [0.3, 0.4) is 0 Å². The maximum atomic E-state index is 12.9. The van der Waals surface area contributed by atoms with E-state index >= 15 is 0 Å². The van der Waals surface area contributed by atoms with Crippen LogP contribution in [0.2, 0.25) is 0 Å². The number of carbonyl (C=O) groups excluding carboxylic acids is 1. The summed E-state index contributed by atoms with van der Waals surface area (Å²) in [5, 5.41) is 4.73. The maximum absolute atomic E-state index is 12.9. The third-order valence-corrected chi connectivity index (χ3v) is 6.05. The molecule has 1 aliphatic rings. The molecule has 2 heterocycles. The smallest absolute Gasteiger partial charge is 0.223 e. The standard InChI is InChI=1S/C23H34N4O.ClH/c1-16-8-10-20(11-9-16)15-27-19(4)21(18(3)25-27)12-13-23(28)26-14-6-5-7-22(26)17(2)24;/h8-11,17,22H,5-7,12-15,24H2,1-4H3;1H. The molecule has 1 saturated heterocycles. The normalized spacial score (nSPS) is 17.7. The lowest BCUT2D eigenvalue weighted by Crippen LogP contribution is -2.51. The predicted molar refractivity (Wildman–Crippen MR) is 121 cm³/mol. The van der Waals surface area contributed by atoms with Crippen molar-refractivity contribution in [1.29, 1.82) is 0 Å². The fourth-order valence-electron chi connectivity index (χ4n) is 4.31. The van der Waals surface area contributed by atoms with Gasteiger partial charge in [-0.05, 0) is 64.5 Å². The molecule has 0 radical (unpaired) electrons. The van der Waals surface area contributed by atoms with E-state index in [1.165, 1.54) is 23.1 Å². The molecule has 1 aliphatic heterocycles. The van der Waals surface area contributed by atoms with Crippen LogP contribution in [-0.4, -0.2) is 39.2 Å². The number of hydrogen-bond donors (Lipinski definition) is 1. The van der Waals surface area contributed by atoms with E-state index in [4.69, 9.17) is 10.8 Å². The zero-order valence-electron chi connectivity index (χ0n) is 18.1. The number of nitrogens with zero attached hydrogens (tertiary/aromatic N) is 3. The number of hydrogen-bond acceptors (Lipinski definition) is 3. The van der Waals surface area contributed by atoms with E-state index < -0.39 is 0 Å². The van der Waals surface area contributed by atoms with Crippen LogP contribution < -0.4 is 5.73 Å². The van der Waals surface area contributed by atoms with Gasteiger partial charge in [0.05, 0.1) is 12.2 Å². The molecule has 2 N–H and O–H groups in total. The van der Waals surface area contributed by atoms with Crippen LogP contribution in [-0.2, 0) is 17.8 Å². The number of rotatable bonds is 6. The van der Waals surface area contributed by atoms with Crippen molar-refractivity contribution in [3.05, 3.63) is 52.3 Å². The summed E-state index contributed by atoms with van der Waals surface area (Å²) in [5.41, 5.74) is 12.0. The van der Waals surface area contributed by atoms with Crippen LogP contribution >= 0.6 is 12.4 Å². The van der Waals surface area contributed by atoms with Crippen molar-refractivity contribution in [3.63, 3.8) is 0 Å². The Labute approximate surface area is 181 Å². The van der Waals surface area contributed by atoms with Gasteiger partial charge in [0.2, 0.25) is 5.91 Å². The van der Waals surface area contributed by atoms with Crippen LogP contribution in [0.5, 0.6) is 0 Å². The summed E-state index contributed by atoms with van der Waals surface area (Å²) in [4.78, 5) is 14.9. The molecule has 3 rings (SSSR count). The van der Waals surface area contributed by atoms with Gasteiger partial charge in [-0.15, -0.1) is 12.4 Å². The van der Waals surface area contributed by atoms with Gasteiger partial charge in [0, 0.05) is 30.7 Å². The Hall–Kier alpha value is -1.85. The Morgan fingerprint density at radius 1 is 1.21 bits per heavy atom. The molecule has 1 amide bonds. The van der Waals surface area contributed by atoms with Crippen LogP contribution in [0, 0.1) is 20.8 Å². The zero-order valence-corrected chi connectivity index (χ0v) is 19.0. The highest BCUT2D eigenvalue weighted by Gasteiger charge is 2.29. The lowest BCUT2D eigenvalue weighted by atomic mass is 9.96. The van der Waals surface area contributed by atoms with E-state index in [0.29, 0.717) is 6.42 Å². The van der Waals surface area contributed by atoms with Crippen molar-refractivity contribution in [3.8, 4) is 0 Å². The average molecular weight is 419 g/mol. The van der Waals surface area contributed by atoms with Crippen LogP contribution in [0.1, 0.15) is 60.7 Å². The van der Waals surface area contributed by atoms with Gasteiger partial charge in [-0.1, -0.05) is 29.8 Å². The van der Waals surface area contributed by atoms with Crippen LogP contribution in [0.4, 0.5) is 0 Å². The van der Waals surface area contributed by atoms with Crippen molar-refractivity contribution in [2.24, 2.45) is 5.73 Å². The number of halogens is 1. The van der Waals surface area contributed by atoms with Crippen molar-refractivity contribution < 1.29 is 4.79 Å². The van der Waals surface area contributed by atoms with E-state index in [0.717, 1.165) is 43.7 Å². The highest BCUT2D eigenvalue weighted by Crippen LogP contribution is 2.22. The average Bonchev–Trinajstić information content (AvgIpc) is 2.94. The van der Waals surface area contributed by atoms with E-state index in [2.05, 4.69) is 42.8 Å². The summed E-state index contributed by atoms with van der Waals surface area (Å²) in [5.74, 6) is 0.229.